The first kappa shape index (κ1) is 59.1. The summed E-state index contributed by atoms with van der Waals surface area (Å²) >= 11 is 0. The van der Waals surface area contributed by atoms with Crippen molar-refractivity contribution in [2.45, 2.75) is 249 Å². The molecule has 0 aromatic heterocycles. The summed E-state index contributed by atoms with van der Waals surface area (Å²) in [5.74, 6) is -1.15. The largest absolute Gasteiger partial charge is 0.472 e. The highest BCUT2D eigenvalue weighted by Gasteiger charge is 2.51. The average Bonchev–Trinajstić information content (AvgIpc) is 3.26. The van der Waals surface area contributed by atoms with Gasteiger partial charge < -0.3 is 39.9 Å². The van der Waals surface area contributed by atoms with Gasteiger partial charge in [-0.1, -0.05) is 166 Å². The predicted molar refractivity (Wildman–Crippen MR) is 249 cm³/mol. The fourth-order valence-electron chi connectivity index (χ4n) is 7.44. The molecule has 8 atom stereocenters. The van der Waals surface area contributed by atoms with E-state index in [1.54, 1.807) is 0 Å². The lowest BCUT2D eigenvalue weighted by Gasteiger charge is -2.41. The van der Waals surface area contributed by atoms with E-state index in [1.165, 1.54) is 116 Å². The third-order valence-electron chi connectivity index (χ3n) is 11.5. The Morgan fingerprint density at radius 1 is 0.492 bits per heavy atom. The summed E-state index contributed by atoms with van der Waals surface area (Å²) in [6.45, 7) is 3.27. The summed E-state index contributed by atoms with van der Waals surface area (Å²) in [4.78, 5) is 35.7. The Hall–Kier alpha value is -1.93. The monoisotopic (exact) mass is 917 g/mol. The Morgan fingerprint density at radius 2 is 0.873 bits per heavy atom. The molecule has 0 aromatic rings. The Bertz CT molecular complexity index is 1240. The van der Waals surface area contributed by atoms with E-state index >= 15 is 0 Å². The van der Waals surface area contributed by atoms with Gasteiger partial charge in [0.15, 0.2) is 6.10 Å². The molecule has 0 amide bonds. The number of unbranched alkanes of at least 4 members (excludes halogenated alkanes) is 23. The van der Waals surface area contributed by atoms with Gasteiger partial charge in [0.2, 0.25) is 0 Å². The molecule has 63 heavy (non-hydrogen) atoms. The number of esters is 2. The zero-order chi connectivity index (χ0) is 46.4. The van der Waals surface area contributed by atoms with Crippen LogP contribution in [0.25, 0.3) is 0 Å². The standard InChI is InChI=1S/C49H89O13P/c1-3-5-7-9-11-13-15-17-19-21-23-25-27-29-31-33-35-37-42(50)59-39-41(40-60-63(57,58)62-49-47(55)45(53)44(52)46(54)48(49)56)61-43(51)38-36-34-32-30-28-26-24-22-20-18-16-14-12-10-8-6-4-2/h13,15,24,26,30,32,41,44-49,52-56H,3-12,14,16-23,25,27-29,31,33-40H2,1-2H3,(H,57,58)/b15-13+,26-24+,32-30+/t41-,44?,45-,46?,47?,48?,49?/m0/s1. The lowest BCUT2D eigenvalue weighted by Crippen LogP contribution is -2.64. The van der Waals surface area contributed by atoms with Gasteiger partial charge in [0.05, 0.1) is 6.61 Å². The van der Waals surface area contributed by atoms with E-state index in [0.717, 1.165) is 44.9 Å². The minimum absolute atomic E-state index is 0.0334. The highest BCUT2D eigenvalue weighted by molar-refractivity contribution is 7.47. The van der Waals surface area contributed by atoms with Crippen LogP contribution in [-0.4, -0.2) is 98.3 Å². The second-order valence-corrected chi connectivity index (χ2v) is 18.7. The van der Waals surface area contributed by atoms with Gasteiger partial charge in [-0.05, 0) is 64.2 Å². The van der Waals surface area contributed by atoms with Crippen molar-refractivity contribution in [3.05, 3.63) is 36.5 Å². The third kappa shape index (κ3) is 31.6. The fourth-order valence-corrected chi connectivity index (χ4v) is 8.41. The SMILES string of the molecule is CCCCCC/C=C/CCCCCCCCCCCC(=O)OC[C@@H](COP(=O)(O)OC1C(O)C(O)C(O)[C@H](O)C1O)OC(=O)CCC/C=C/C/C=C/CCCCCCCCCCC. The first-order valence-corrected chi connectivity index (χ1v) is 26.3. The van der Waals surface area contributed by atoms with Crippen molar-refractivity contribution in [1.29, 1.82) is 0 Å². The maximum atomic E-state index is 12.8. The maximum absolute atomic E-state index is 12.8. The topological polar surface area (TPSA) is 210 Å². The molecular weight excluding hydrogens is 827 g/mol. The van der Waals surface area contributed by atoms with Gasteiger partial charge >= 0.3 is 19.8 Å². The molecule has 0 bridgehead atoms. The van der Waals surface area contributed by atoms with Crippen LogP contribution >= 0.6 is 7.82 Å². The molecule has 1 rings (SSSR count). The molecule has 14 heteroatoms. The van der Waals surface area contributed by atoms with Crippen molar-refractivity contribution in [2.24, 2.45) is 0 Å². The number of ether oxygens (including phenoxy) is 2. The molecule has 0 aromatic carbocycles. The molecule has 368 valence electrons. The Kier molecular flexibility index (Phi) is 36.8. The van der Waals surface area contributed by atoms with Gasteiger partial charge in [0.25, 0.3) is 0 Å². The van der Waals surface area contributed by atoms with Gasteiger partial charge in [-0.25, -0.2) is 4.57 Å². The van der Waals surface area contributed by atoms with Crippen molar-refractivity contribution in [2.75, 3.05) is 13.2 Å². The first-order valence-electron chi connectivity index (χ1n) is 24.8. The number of allylic oxidation sites excluding steroid dienone is 6. The fraction of sp³-hybridized carbons (Fsp3) is 0.837. The van der Waals surface area contributed by atoms with Crippen LogP contribution in [0.3, 0.4) is 0 Å². The number of rotatable bonds is 41. The second-order valence-electron chi connectivity index (χ2n) is 17.3. The first-order chi connectivity index (χ1) is 30.4. The normalized spacial score (nSPS) is 22.0. The third-order valence-corrected chi connectivity index (χ3v) is 12.4. The zero-order valence-corrected chi connectivity index (χ0v) is 40.0. The molecule has 0 heterocycles. The Labute approximate surface area is 380 Å². The van der Waals surface area contributed by atoms with Gasteiger partial charge in [0.1, 0.15) is 43.2 Å². The van der Waals surface area contributed by atoms with Crippen LogP contribution < -0.4 is 0 Å². The van der Waals surface area contributed by atoms with E-state index in [0.29, 0.717) is 19.3 Å². The molecule has 6 unspecified atom stereocenters. The molecule has 0 radical (unpaired) electrons. The van der Waals surface area contributed by atoms with Crippen LogP contribution in [0.1, 0.15) is 206 Å². The van der Waals surface area contributed by atoms with Crippen molar-refractivity contribution in [3.63, 3.8) is 0 Å². The van der Waals surface area contributed by atoms with E-state index in [1.807, 2.05) is 12.2 Å². The summed E-state index contributed by atoms with van der Waals surface area (Å²) in [7, 11) is -5.13. The smallest absolute Gasteiger partial charge is 0.462 e. The molecule has 6 N–H and O–H groups in total. The van der Waals surface area contributed by atoms with Crippen molar-refractivity contribution in [3.8, 4) is 0 Å². The summed E-state index contributed by atoms with van der Waals surface area (Å²) < 4.78 is 33.5. The van der Waals surface area contributed by atoms with E-state index in [4.69, 9.17) is 18.5 Å². The van der Waals surface area contributed by atoms with E-state index < -0.39 is 75.7 Å². The molecule has 0 spiro atoms. The number of aliphatic hydroxyl groups excluding tert-OH is 5. The quantitative estimate of drug-likeness (QED) is 0.0146. The van der Waals surface area contributed by atoms with Crippen LogP contribution in [0.2, 0.25) is 0 Å². The summed E-state index contributed by atoms with van der Waals surface area (Å²) in [6, 6.07) is 0. The van der Waals surface area contributed by atoms with E-state index in [2.05, 4.69) is 38.2 Å². The highest BCUT2D eigenvalue weighted by atomic mass is 31.2. The van der Waals surface area contributed by atoms with E-state index in [-0.39, 0.29) is 12.8 Å². The Morgan fingerprint density at radius 3 is 1.37 bits per heavy atom. The highest BCUT2D eigenvalue weighted by Crippen LogP contribution is 2.47. The predicted octanol–water partition coefficient (Wildman–Crippen LogP) is 10.2. The number of carbonyl (C=O) groups excluding carboxylic acids is 2. The number of carbonyl (C=O) groups is 2. The van der Waals surface area contributed by atoms with Gasteiger partial charge in [0, 0.05) is 12.8 Å². The number of phosphoric acid groups is 1. The molecule has 1 fully saturated rings. The maximum Gasteiger partial charge on any atom is 0.472 e. The molecular formula is C49H89O13P. The number of hydrogen-bond acceptors (Lipinski definition) is 12. The number of aliphatic hydroxyl groups is 5. The Balaban J connectivity index is 2.45. The second kappa shape index (κ2) is 39.3. The zero-order valence-electron chi connectivity index (χ0n) is 39.1. The number of hydrogen-bond donors (Lipinski definition) is 6. The van der Waals surface area contributed by atoms with Crippen LogP contribution in [-0.2, 0) is 32.7 Å². The van der Waals surface area contributed by atoms with Gasteiger partial charge in [-0.3, -0.25) is 18.6 Å². The molecule has 1 aliphatic carbocycles. The van der Waals surface area contributed by atoms with Gasteiger partial charge in [-0.2, -0.15) is 0 Å². The number of phosphoric ester groups is 1. The van der Waals surface area contributed by atoms with Gasteiger partial charge in [-0.15, -0.1) is 0 Å². The molecule has 13 nitrogen and oxygen atoms in total. The molecule has 1 aliphatic rings. The lowest BCUT2D eigenvalue weighted by molar-refractivity contribution is -0.220. The average molecular weight is 917 g/mol. The van der Waals surface area contributed by atoms with Crippen LogP contribution in [0, 0.1) is 0 Å². The molecule has 0 saturated heterocycles. The minimum Gasteiger partial charge on any atom is -0.462 e. The van der Waals surface area contributed by atoms with E-state index in [9.17, 15) is 44.6 Å². The van der Waals surface area contributed by atoms with Crippen molar-refractivity contribution >= 4 is 19.8 Å². The van der Waals surface area contributed by atoms with Crippen LogP contribution in [0.15, 0.2) is 36.5 Å². The minimum atomic E-state index is -5.13. The molecule has 1 saturated carbocycles. The van der Waals surface area contributed by atoms with Crippen LogP contribution in [0.4, 0.5) is 0 Å². The van der Waals surface area contributed by atoms with Crippen molar-refractivity contribution in [1.82, 2.24) is 0 Å². The van der Waals surface area contributed by atoms with Crippen molar-refractivity contribution < 1.29 is 63.1 Å². The lowest BCUT2D eigenvalue weighted by atomic mass is 9.85. The summed E-state index contributed by atoms with van der Waals surface area (Å²) in [6.07, 6.45) is 32.0. The summed E-state index contributed by atoms with van der Waals surface area (Å²) in [5, 5.41) is 50.2. The molecule has 0 aliphatic heterocycles. The van der Waals surface area contributed by atoms with Crippen LogP contribution in [0.5, 0.6) is 0 Å². The summed E-state index contributed by atoms with van der Waals surface area (Å²) in [5.41, 5.74) is 0.